The van der Waals surface area contributed by atoms with Crippen molar-refractivity contribution in [1.29, 1.82) is 0 Å². The molecule has 31 heavy (non-hydrogen) atoms. The number of rotatable bonds is 14. The lowest BCUT2D eigenvalue weighted by molar-refractivity contribution is 0.215. The number of allylic oxidation sites excluding steroid dienone is 1. The lowest BCUT2D eigenvalue weighted by atomic mass is 9.96. The largest absolute Gasteiger partial charge is 0.490 e. The summed E-state index contributed by atoms with van der Waals surface area (Å²) in [5.41, 5.74) is 4.97. The highest BCUT2D eigenvalue weighted by atomic mass is 16.6. The van der Waals surface area contributed by atoms with E-state index in [1.54, 1.807) is 10.9 Å². The van der Waals surface area contributed by atoms with Gasteiger partial charge in [-0.15, -0.1) is 5.10 Å². The quantitative estimate of drug-likeness (QED) is 0.172. The second-order valence-electron chi connectivity index (χ2n) is 7.73. The van der Waals surface area contributed by atoms with Crippen molar-refractivity contribution in [3.05, 3.63) is 52.7 Å². The first kappa shape index (κ1) is 24.5. The van der Waals surface area contributed by atoms with E-state index in [-0.39, 0.29) is 0 Å². The van der Waals surface area contributed by atoms with Crippen LogP contribution in [0.2, 0.25) is 0 Å². The second-order valence-corrected chi connectivity index (χ2v) is 7.73. The van der Waals surface area contributed by atoms with E-state index in [0.29, 0.717) is 19.1 Å². The number of aryl methyl sites for hydroxylation is 3. The van der Waals surface area contributed by atoms with Gasteiger partial charge in [0.2, 0.25) is 5.88 Å². The molecule has 0 saturated carbocycles. The predicted octanol–water partition coefficient (Wildman–Crippen LogP) is 5.54. The topological polar surface area (TPSA) is 57.9 Å². The van der Waals surface area contributed by atoms with Gasteiger partial charge in [0.1, 0.15) is 19.5 Å². The van der Waals surface area contributed by atoms with Crippen LogP contribution in [0.1, 0.15) is 61.4 Å². The fourth-order valence-corrected chi connectivity index (χ4v) is 3.54. The molecule has 0 aliphatic rings. The van der Waals surface area contributed by atoms with Crippen molar-refractivity contribution in [2.24, 2.45) is 12.2 Å². The molecule has 0 aliphatic carbocycles. The monoisotopic (exact) mass is 427 g/mol. The SMILES string of the molecule is C/C=C/COc1cc(C)c(CCCCCCCOc2cc(/C=N/OC)n(C)n2)c(C)c1. The van der Waals surface area contributed by atoms with Gasteiger partial charge in [-0.25, -0.2) is 0 Å². The van der Waals surface area contributed by atoms with Crippen LogP contribution in [0, 0.1) is 13.8 Å². The van der Waals surface area contributed by atoms with Crippen LogP contribution in [0.3, 0.4) is 0 Å². The molecule has 6 nitrogen and oxygen atoms in total. The molecule has 1 aromatic heterocycles. The van der Waals surface area contributed by atoms with Crippen molar-refractivity contribution in [2.75, 3.05) is 20.3 Å². The molecular formula is C25H37N3O3. The average Bonchev–Trinajstić information content (AvgIpc) is 3.09. The maximum atomic E-state index is 5.78. The Labute approximate surface area is 186 Å². The molecule has 6 heteroatoms. The van der Waals surface area contributed by atoms with Gasteiger partial charge in [0, 0.05) is 13.1 Å². The van der Waals surface area contributed by atoms with Gasteiger partial charge in [-0.05, 0) is 68.9 Å². The van der Waals surface area contributed by atoms with E-state index in [2.05, 4.69) is 36.2 Å². The van der Waals surface area contributed by atoms with Crippen LogP contribution in [-0.4, -0.2) is 36.3 Å². The number of oxime groups is 1. The van der Waals surface area contributed by atoms with E-state index < -0.39 is 0 Å². The minimum absolute atomic E-state index is 0.627. The third-order valence-electron chi connectivity index (χ3n) is 5.26. The third-order valence-corrected chi connectivity index (χ3v) is 5.26. The van der Waals surface area contributed by atoms with Crippen LogP contribution in [0.25, 0.3) is 0 Å². The Kier molecular flexibility index (Phi) is 10.7. The molecule has 1 aromatic carbocycles. The molecule has 170 valence electrons. The third kappa shape index (κ3) is 8.48. The molecule has 0 aliphatic heterocycles. The Hall–Kier alpha value is -2.76. The highest BCUT2D eigenvalue weighted by Crippen LogP contribution is 2.24. The maximum Gasteiger partial charge on any atom is 0.233 e. The molecule has 2 aromatic rings. The minimum Gasteiger partial charge on any atom is -0.490 e. The Morgan fingerprint density at radius 2 is 1.71 bits per heavy atom. The molecule has 2 rings (SSSR count). The number of nitrogens with zero attached hydrogens (tertiary/aromatic N) is 3. The summed E-state index contributed by atoms with van der Waals surface area (Å²) < 4.78 is 13.3. The summed E-state index contributed by atoms with van der Waals surface area (Å²) in [6, 6.07) is 6.19. The highest BCUT2D eigenvalue weighted by Gasteiger charge is 2.07. The lowest BCUT2D eigenvalue weighted by Crippen LogP contribution is -2.00. The van der Waals surface area contributed by atoms with Crippen LogP contribution in [0.4, 0.5) is 0 Å². The zero-order valence-electron chi connectivity index (χ0n) is 19.7. The van der Waals surface area contributed by atoms with Crippen LogP contribution < -0.4 is 9.47 Å². The van der Waals surface area contributed by atoms with E-state index >= 15 is 0 Å². The fraction of sp³-hybridized carbons (Fsp3) is 0.520. The van der Waals surface area contributed by atoms with Crippen molar-refractivity contribution >= 4 is 6.21 Å². The zero-order chi connectivity index (χ0) is 22.5. The normalized spacial score (nSPS) is 11.5. The Balaban J connectivity index is 1.63. The van der Waals surface area contributed by atoms with Gasteiger partial charge in [-0.3, -0.25) is 4.68 Å². The van der Waals surface area contributed by atoms with Crippen molar-refractivity contribution < 1.29 is 14.3 Å². The second kappa shape index (κ2) is 13.5. The zero-order valence-corrected chi connectivity index (χ0v) is 19.7. The minimum atomic E-state index is 0.627. The summed E-state index contributed by atoms with van der Waals surface area (Å²) in [6.07, 6.45) is 12.7. The first-order chi connectivity index (χ1) is 15.0. The van der Waals surface area contributed by atoms with E-state index in [4.69, 9.17) is 14.3 Å². The van der Waals surface area contributed by atoms with E-state index in [1.807, 2.05) is 32.2 Å². The van der Waals surface area contributed by atoms with Crippen LogP contribution in [0.15, 0.2) is 35.5 Å². The molecule has 0 amide bonds. The van der Waals surface area contributed by atoms with E-state index in [0.717, 1.165) is 24.3 Å². The number of aromatic nitrogens is 2. The van der Waals surface area contributed by atoms with Gasteiger partial charge in [-0.2, -0.15) is 0 Å². The highest BCUT2D eigenvalue weighted by molar-refractivity contribution is 5.77. The van der Waals surface area contributed by atoms with Gasteiger partial charge in [0.25, 0.3) is 0 Å². The molecule has 0 bridgehead atoms. The molecule has 0 radical (unpaired) electrons. The number of benzene rings is 1. The molecule has 0 spiro atoms. The van der Waals surface area contributed by atoms with Gasteiger partial charge in [0.15, 0.2) is 0 Å². The summed E-state index contributed by atoms with van der Waals surface area (Å²) in [5.74, 6) is 1.59. The Morgan fingerprint density at radius 3 is 2.42 bits per heavy atom. The van der Waals surface area contributed by atoms with E-state index in [1.165, 1.54) is 49.5 Å². The average molecular weight is 428 g/mol. The smallest absolute Gasteiger partial charge is 0.233 e. The molecule has 0 N–H and O–H groups in total. The number of hydrogen-bond acceptors (Lipinski definition) is 5. The van der Waals surface area contributed by atoms with Crippen LogP contribution in [-0.2, 0) is 18.3 Å². The molecule has 0 fully saturated rings. The summed E-state index contributed by atoms with van der Waals surface area (Å²) in [5, 5.41) is 8.08. The molecule has 1 heterocycles. The van der Waals surface area contributed by atoms with Gasteiger partial charge >= 0.3 is 0 Å². The standard InChI is InChI=1S/C25H37N3O3/c1-6-7-14-30-23-16-20(2)24(21(3)17-23)13-11-9-8-10-12-15-31-25-18-22(19-26-29-5)28(4)27-25/h6-7,16-19H,8-15H2,1-5H3/b7-6+,26-19+. The number of ether oxygens (including phenoxy) is 2. The number of unbranched alkanes of at least 4 members (excludes halogenated alkanes) is 4. The van der Waals surface area contributed by atoms with Crippen molar-refractivity contribution in [3.63, 3.8) is 0 Å². The summed E-state index contributed by atoms with van der Waals surface area (Å²) in [4.78, 5) is 4.70. The Morgan fingerprint density at radius 1 is 1.00 bits per heavy atom. The van der Waals surface area contributed by atoms with Gasteiger partial charge < -0.3 is 14.3 Å². The first-order valence-corrected chi connectivity index (χ1v) is 11.1. The molecular weight excluding hydrogens is 390 g/mol. The summed E-state index contributed by atoms with van der Waals surface area (Å²) in [7, 11) is 3.38. The molecule has 0 atom stereocenters. The van der Waals surface area contributed by atoms with Gasteiger partial charge in [0.05, 0.1) is 18.5 Å². The first-order valence-electron chi connectivity index (χ1n) is 11.1. The van der Waals surface area contributed by atoms with Crippen LogP contribution >= 0.6 is 0 Å². The van der Waals surface area contributed by atoms with Gasteiger partial charge in [-0.1, -0.05) is 36.6 Å². The van der Waals surface area contributed by atoms with Crippen LogP contribution in [0.5, 0.6) is 11.6 Å². The van der Waals surface area contributed by atoms with E-state index in [9.17, 15) is 0 Å². The predicted molar refractivity (Wildman–Crippen MR) is 126 cm³/mol. The lowest BCUT2D eigenvalue weighted by Gasteiger charge is -2.13. The van der Waals surface area contributed by atoms with Crippen molar-refractivity contribution in [3.8, 4) is 11.6 Å². The molecule has 0 unspecified atom stereocenters. The number of hydrogen-bond donors (Lipinski definition) is 0. The van der Waals surface area contributed by atoms with Crippen molar-refractivity contribution in [2.45, 2.75) is 59.3 Å². The summed E-state index contributed by atoms with van der Waals surface area (Å²) >= 11 is 0. The fourth-order valence-electron chi connectivity index (χ4n) is 3.54. The Bertz CT molecular complexity index is 833. The summed E-state index contributed by atoms with van der Waals surface area (Å²) in [6.45, 7) is 7.69. The maximum absolute atomic E-state index is 5.78. The molecule has 0 saturated heterocycles. The van der Waals surface area contributed by atoms with Crippen molar-refractivity contribution in [1.82, 2.24) is 9.78 Å².